The van der Waals surface area contributed by atoms with E-state index in [-0.39, 0.29) is 11.8 Å². The molecule has 0 aliphatic carbocycles. The normalized spacial score (nSPS) is 10.2. The van der Waals surface area contributed by atoms with E-state index in [1.165, 1.54) is 0 Å². The summed E-state index contributed by atoms with van der Waals surface area (Å²) in [7, 11) is 1.57. The molecule has 120 valence electrons. The lowest BCUT2D eigenvalue weighted by Crippen LogP contribution is -2.28. The number of ether oxygens (including phenoxy) is 1. The smallest absolute Gasteiger partial charge is 0.256 e. The molecule has 0 heterocycles. The van der Waals surface area contributed by atoms with Gasteiger partial charge in [0.25, 0.3) is 11.8 Å². The summed E-state index contributed by atoms with van der Waals surface area (Å²) in [5, 5.41) is 5.55. The zero-order valence-electron chi connectivity index (χ0n) is 12.6. The van der Waals surface area contributed by atoms with E-state index in [9.17, 15) is 9.59 Å². The van der Waals surface area contributed by atoms with Crippen LogP contribution in [-0.2, 0) is 4.74 Å². The second-order valence-corrected chi connectivity index (χ2v) is 5.89. The average molecular weight is 424 g/mol. The lowest BCUT2D eigenvalue weighted by Gasteiger charge is -2.12. The van der Waals surface area contributed by atoms with Crippen LogP contribution in [0.4, 0.5) is 5.69 Å². The van der Waals surface area contributed by atoms with Gasteiger partial charge in [-0.15, -0.1) is 0 Å². The van der Waals surface area contributed by atoms with Crippen LogP contribution in [0.25, 0.3) is 0 Å². The Balaban J connectivity index is 2.16. The lowest BCUT2D eigenvalue weighted by molar-refractivity contribution is 0.0938. The van der Waals surface area contributed by atoms with Crippen LogP contribution >= 0.6 is 22.6 Å². The molecule has 0 unspecified atom stereocenters. The summed E-state index contributed by atoms with van der Waals surface area (Å²) in [5.74, 6) is -0.493. The first-order valence-corrected chi connectivity index (χ1v) is 8.13. The Bertz CT molecular complexity index is 704. The van der Waals surface area contributed by atoms with Crippen molar-refractivity contribution < 1.29 is 14.3 Å². The largest absolute Gasteiger partial charge is 0.383 e. The molecule has 0 aliphatic rings. The summed E-state index contributed by atoms with van der Waals surface area (Å²) in [6.07, 6.45) is 0. The summed E-state index contributed by atoms with van der Waals surface area (Å²) in [6.45, 7) is 0.844. The fourth-order valence-corrected chi connectivity index (χ4v) is 2.62. The highest BCUT2D eigenvalue weighted by molar-refractivity contribution is 14.1. The number of rotatable bonds is 6. The van der Waals surface area contributed by atoms with Crippen molar-refractivity contribution in [2.24, 2.45) is 0 Å². The molecule has 2 rings (SSSR count). The molecule has 0 aromatic heterocycles. The van der Waals surface area contributed by atoms with Gasteiger partial charge in [-0.3, -0.25) is 9.59 Å². The molecule has 2 aromatic rings. The van der Waals surface area contributed by atoms with Gasteiger partial charge in [0.15, 0.2) is 0 Å². The molecule has 0 saturated heterocycles. The molecular formula is C17H17IN2O3. The first-order valence-electron chi connectivity index (χ1n) is 7.05. The van der Waals surface area contributed by atoms with Crippen LogP contribution < -0.4 is 10.6 Å². The van der Waals surface area contributed by atoms with Gasteiger partial charge in [-0.1, -0.05) is 24.3 Å². The van der Waals surface area contributed by atoms with Crippen molar-refractivity contribution >= 4 is 40.1 Å². The van der Waals surface area contributed by atoms with Gasteiger partial charge < -0.3 is 15.4 Å². The van der Waals surface area contributed by atoms with Gasteiger partial charge in [-0.25, -0.2) is 0 Å². The van der Waals surface area contributed by atoms with Crippen molar-refractivity contribution in [3.05, 3.63) is 63.2 Å². The Morgan fingerprint density at radius 3 is 2.35 bits per heavy atom. The molecule has 6 heteroatoms. The molecule has 0 bridgehead atoms. The maximum atomic E-state index is 12.4. The van der Waals surface area contributed by atoms with Gasteiger partial charge in [-0.2, -0.15) is 0 Å². The van der Waals surface area contributed by atoms with E-state index in [0.717, 1.165) is 3.57 Å². The number of amides is 2. The molecule has 0 atom stereocenters. The average Bonchev–Trinajstić information content (AvgIpc) is 2.55. The van der Waals surface area contributed by atoms with E-state index < -0.39 is 0 Å². The molecule has 0 fully saturated rings. The predicted molar refractivity (Wildman–Crippen MR) is 97.8 cm³/mol. The molecule has 23 heavy (non-hydrogen) atoms. The lowest BCUT2D eigenvalue weighted by atomic mass is 10.1. The number of hydrogen-bond acceptors (Lipinski definition) is 3. The number of anilines is 1. The molecule has 0 radical (unpaired) electrons. The van der Waals surface area contributed by atoms with Gasteiger partial charge >= 0.3 is 0 Å². The third kappa shape index (κ3) is 4.77. The molecule has 5 nitrogen and oxygen atoms in total. The van der Waals surface area contributed by atoms with Crippen LogP contribution in [0.5, 0.6) is 0 Å². The maximum Gasteiger partial charge on any atom is 0.256 e. The minimum absolute atomic E-state index is 0.243. The van der Waals surface area contributed by atoms with E-state index >= 15 is 0 Å². The maximum absolute atomic E-state index is 12.4. The van der Waals surface area contributed by atoms with E-state index in [0.29, 0.717) is 30.0 Å². The van der Waals surface area contributed by atoms with E-state index in [1.807, 2.05) is 12.1 Å². The highest BCUT2D eigenvalue weighted by atomic mass is 127. The number of para-hydroxylation sites is 1. The van der Waals surface area contributed by atoms with Crippen molar-refractivity contribution in [2.45, 2.75) is 0 Å². The third-order valence-electron chi connectivity index (χ3n) is 3.13. The second kappa shape index (κ2) is 8.64. The molecule has 2 aromatic carbocycles. The fraction of sp³-hybridized carbons (Fsp3) is 0.176. The number of hydrogen-bond donors (Lipinski definition) is 2. The molecule has 2 amide bonds. The van der Waals surface area contributed by atoms with Crippen molar-refractivity contribution in [3.63, 3.8) is 0 Å². The molecule has 0 aliphatic heterocycles. The van der Waals surface area contributed by atoms with Crippen LogP contribution in [0.15, 0.2) is 48.5 Å². The number of carbonyl (C=O) groups is 2. The van der Waals surface area contributed by atoms with E-state index in [4.69, 9.17) is 4.74 Å². The third-order valence-corrected chi connectivity index (χ3v) is 4.07. The number of methoxy groups -OCH3 is 1. The van der Waals surface area contributed by atoms with E-state index in [1.54, 1.807) is 43.5 Å². The highest BCUT2D eigenvalue weighted by Crippen LogP contribution is 2.18. The Hall–Kier alpha value is -1.93. The molecule has 0 spiro atoms. The fourth-order valence-electron chi connectivity index (χ4n) is 1.99. The predicted octanol–water partition coefficient (Wildman–Crippen LogP) is 2.92. The van der Waals surface area contributed by atoms with Gasteiger partial charge in [0.05, 0.1) is 23.4 Å². The quantitative estimate of drug-likeness (QED) is 0.554. The van der Waals surface area contributed by atoms with Crippen LogP contribution in [0, 0.1) is 3.57 Å². The second-order valence-electron chi connectivity index (χ2n) is 4.73. The topological polar surface area (TPSA) is 67.4 Å². The standard InChI is InChI=1S/C17H17IN2O3/c1-23-11-10-19-16(21)13-7-3-5-9-15(13)20-17(22)12-6-2-4-8-14(12)18/h2-9H,10-11H2,1H3,(H,19,21)(H,20,22). The monoisotopic (exact) mass is 424 g/mol. The Kier molecular flexibility index (Phi) is 6.54. The van der Waals surface area contributed by atoms with Crippen molar-refractivity contribution in [3.8, 4) is 0 Å². The summed E-state index contributed by atoms with van der Waals surface area (Å²) in [5.41, 5.74) is 1.47. The minimum Gasteiger partial charge on any atom is -0.383 e. The van der Waals surface area contributed by atoms with Gasteiger partial charge in [-0.05, 0) is 46.9 Å². The number of benzene rings is 2. The van der Waals surface area contributed by atoms with Gasteiger partial charge in [0.1, 0.15) is 0 Å². The molecule has 2 N–H and O–H groups in total. The Labute approximate surface area is 148 Å². The summed E-state index contributed by atoms with van der Waals surface area (Å²) in [4.78, 5) is 24.6. The first kappa shape index (κ1) is 17.4. The Morgan fingerprint density at radius 2 is 1.65 bits per heavy atom. The van der Waals surface area contributed by atoms with Crippen LogP contribution in [0.1, 0.15) is 20.7 Å². The SMILES string of the molecule is COCCNC(=O)c1ccccc1NC(=O)c1ccccc1I. The van der Waals surface area contributed by atoms with Crippen LogP contribution in [0.2, 0.25) is 0 Å². The highest BCUT2D eigenvalue weighted by Gasteiger charge is 2.15. The first-order chi connectivity index (χ1) is 11.1. The number of carbonyl (C=O) groups excluding carboxylic acids is 2. The molecular weight excluding hydrogens is 407 g/mol. The Morgan fingerprint density at radius 1 is 1.00 bits per heavy atom. The zero-order chi connectivity index (χ0) is 16.7. The number of nitrogens with one attached hydrogen (secondary N) is 2. The van der Waals surface area contributed by atoms with Gasteiger partial charge in [0, 0.05) is 17.2 Å². The zero-order valence-corrected chi connectivity index (χ0v) is 14.8. The van der Waals surface area contributed by atoms with Gasteiger partial charge in [0.2, 0.25) is 0 Å². The minimum atomic E-state index is -0.249. The van der Waals surface area contributed by atoms with Crippen LogP contribution in [0.3, 0.4) is 0 Å². The van der Waals surface area contributed by atoms with Crippen molar-refractivity contribution in [1.29, 1.82) is 0 Å². The van der Waals surface area contributed by atoms with E-state index in [2.05, 4.69) is 33.2 Å². The van der Waals surface area contributed by atoms with Crippen molar-refractivity contribution in [1.82, 2.24) is 5.32 Å². The summed E-state index contributed by atoms with van der Waals surface area (Å²) < 4.78 is 5.76. The number of halogens is 1. The summed E-state index contributed by atoms with van der Waals surface area (Å²) in [6, 6.07) is 14.2. The molecule has 0 saturated carbocycles. The summed E-state index contributed by atoms with van der Waals surface area (Å²) >= 11 is 2.11. The van der Waals surface area contributed by atoms with Crippen LogP contribution in [-0.4, -0.2) is 32.1 Å². The van der Waals surface area contributed by atoms with Crippen molar-refractivity contribution in [2.75, 3.05) is 25.6 Å².